The zero-order chi connectivity index (χ0) is 22.0. The van der Waals surface area contributed by atoms with E-state index >= 15 is 0 Å². The van der Waals surface area contributed by atoms with Crippen LogP contribution in [0.5, 0.6) is 0 Å². The number of hydrogen-bond donors (Lipinski definition) is 1. The van der Waals surface area contributed by atoms with Crippen molar-refractivity contribution < 1.29 is 9.47 Å². The molecule has 6 nitrogen and oxygen atoms in total. The van der Waals surface area contributed by atoms with Gasteiger partial charge < -0.3 is 24.6 Å². The van der Waals surface area contributed by atoms with Crippen molar-refractivity contribution in [3.63, 3.8) is 0 Å². The Balaban J connectivity index is 1.32. The third-order valence-electron chi connectivity index (χ3n) is 6.09. The molecule has 2 aliphatic heterocycles. The number of nitrogens with one attached hydrogen (secondary N) is 1. The monoisotopic (exact) mass is 436 g/mol. The average Bonchev–Trinajstić information content (AvgIpc) is 2.87. The lowest BCUT2D eigenvalue weighted by molar-refractivity contribution is -0.0390. The number of benzene rings is 2. The first-order chi connectivity index (χ1) is 15.8. The SMILES string of the molecule is CCNC(=NCc1cccc(COC2CCOCC2)c1)N1CCN(c2ccccc2)CC1. The van der Waals surface area contributed by atoms with Crippen LogP contribution in [0.2, 0.25) is 0 Å². The summed E-state index contributed by atoms with van der Waals surface area (Å²) in [5.74, 6) is 1.00. The predicted octanol–water partition coefficient (Wildman–Crippen LogP) is 3.67. The largest absolute Gasteiger partial charge is 0.381 e. The molecule has 1 N–H and O–H groups in total. The standard InChI is InChI=1S/C26H36N4O2/c1-2-27-26(30-15-13-29(14-16-30)24-9-4-3-5-10-24)28-20-22-7-6-8-23(19-22)21-32-25-11-17-31-18-12-25/h3-10,19,25H,2,11-18,20-21H2,1H3,(H,27,28). The van der Waals surface area contributed by atoms with E-state index in [1.165, 1.54) is 16.8 Å². The van der Waals surface area contributed by atoms with Gasteiger partial charge in [-0.1, -0.05) is 42.5 Å². The Morgan fingerprint density at radius 3 is 2.50 bits per heavy atom. The van der Waals surface area contributed by atoms with Crippen LogP contribution in [0, 0.1) is 0 Å². The maximum absolute atomic E-state index is 6.09. The van der Waals surface area contributed by atoms with Crippen LogP contribution in [0.3, 0.4) is 0 Å². The number of guanidine groups is 1. The fourth-order valence-electron chi connectivity index (χ4n) is 4.28. The van der Waals surface area contributed by atoms with Crippen LogP contribution in [0.25, 0.3) is 0 Å². The van der Waals surface area contributed by atoms with E-state index in [9.17, 15) is 0 Å². The zero-order valence-corrected chi connectivity index (χ0v) is 19.2. The molecule has 0 saturated carbocycles. The summed E-state index contributed by atoms with van der Waals surface area (Å²) in [5.41, 5.74) is 3.73. The highest BCUT2D eigenvalue weighted by Crippen LogP contribution is 2.17. The fraction of sp³-hybridized carbons (Fsp3) is 0.500. The van der Waals surface area contributed by atoms with Crippen molar-refractivity contribution in [1.82, 2.24) is 10.2 Å². The summed E-state index contributed by atoms with van der Waals surface area (Å²) in [6.07, 6.45) is 2.31. The summed E-state index contributed by atoms with van der Waals surface area (Å²) in [6, 6.07) is 19.3. The molecule has 4 rings (SSSR count). The zero-order valence-electron chi connectivity index (χ0n) is 19.2. The van der Waals surface area contributed by atoms with Crippen molar-refractivity contribution in [3.05, 3.63) is 65.7 Å². The Morgan fingerprint density at radius 2 is 1.75 bits per heavy atom. The van der Waals surface area contributed by atoms with Gasteiger partial charge in [0.25, 0.3) is 0 Å². The van der Waals surface area contributed by atoms with Gasteiger partial charge in [-0.05, 0) is 43.0 Å². The number of aliphatic imine (C=N–C) groups is 1. The first kappa shape index (κ1) is 22.6. The van der Waals surface area contributed by atoms with E-state index < -0.39 is 0 Å². The van der Waals surface area contributed by atoms with Crippen LogP contribution in [0.1, 0.15) is 30.9 Å². The van der Waals surface area contributed by atoms with Crippen LogP contribution in [-0.4, -0.2) is 62.9 Å². The number of ether oxygens (including phenoxy) is 2. The molecule has 0 spiro atoms. The summed E-state index contributed by atoms with van der Waals surface area (Å²) < 4.78 is 11.5. The Bertz CT molecular complexity index is 844. The number of piperazine rings is 1. The van der Waals surface area contributed by atoms with Gasteiger partial charge in [-0.3, -0.25) is 0 Å². The molecule has 2 heterocycles. The molecule has 6 heteroatoms. The lowest BCUT2D eigenvalue weighted by Crippen LogP contribution is -2.52. The summed E-state index contributed by atoms with van der Waals surface area (Å²) in [6.45, 7) is 9.91. The predicted molar refractivity (Wildman–Crippen MR) is 130 cm³/mol. The second kappa shape index (κ2) is 11.9. The molecule has 0 aromatic heterocycles. The van der Waals surface area contributed by atoms with Crippen LogP contribution in [0.15, 0.2) is 59.6 Å². The van der Waals surface area contributed by atoms with E-state index in [4.69, 9.17) is 14.5 Å². The highest BCUT2D eigenvalue weighted by atomic mass is 16.5. The van der Waals surface area contributed by atoms with Gasteiger partial charge in [0.2, 0.25) is 0 Å². The van der Waals surface area contributed by atoms with Crippen LogP contribution in [0.4, 0.5) is 5.69 Å². The molecular weight excluding hydrogens is 400 g/mol. The minimum atomic E-state index is 0.320. The van der Waals surface area contributed by atoms with E-state index in [1.54, 1.807) is 0 Å². The molecule has 2 aromatic rings. The van der Waals surface area contributed by atoms with Crippen molar-refractivity contribution in [2.75, 3.05) is 50.8 Å². The molecule has 32 heavy (non-hydrogen) atoms. The van der Waals surface area contributed by atoms with E-state index in [0.29, 0.717) is 19.3 Å². The van der Waals surface area contributed by atoms with Gasteiger partial charge in [0.05, 0.1) is 19.3 Å². The quantitative estimate of drug-likeness (QED) is 0.530. The Hall–Kier alpha value is -2.57. The molecular formula is C26H36N4O2. The molecule has 2 fully saturated rings. The highest BCUT2D eigenvalue weighted by molar-refractivity contribution is 5.80. The van der Waals surface area contributed by atoms with Crippen molar-refractivity contribution in [2.24, 2.45) is 4.99 Å². The van der Waals surface area contributed by atoms with Crippen LogP contribution in [-0.2, 0) is 22.6 Å². The van der Waals surface area contributed by atoms with E-state index in [1.807, 2.05) is 0 Å². The van der Waals surface area contributed by atoms with Gasteiger partial charge in [-0.15, -0.1) is 0 Å². The first-order valence-corrected chi connectivity index (χ1v) is 11.9. The second-order valence-electron chi connectivity index (χ2n) is 8.42. The molecule has 0 aliphatic carbocycles. The van der Waals surface area contributed by atoms with Crippen molar-refractivity contribution in [3.8, 4) is 0 Å². The molecule has 172 valence electrons. The highest BCUT2D eigenvalue weighted by Gasteiger charge is 2.19. The Morgan fingerprint density at radius 1 is 1.00 bits per heavy atom. The van der Waals surface area contributed by atoms with Gasteiger partial charge in [0, 0.05) is 51.6 Å². The van der Waals surface area contributed by atoms with Crippen molar-refractivity contribution >= 4 is 11.6 Å². The first-order valence-electron chi connectivity index (χ1n) is 11.9. The number of para-hydroxylation sites is 1. The molecule has 0 atom stereocenters. The minimum absolute atomic E-state index is 0.320. The molecule has 0 radical (unpaired) electrons. The van der Waals surface area contributed by atoms with Gasteiger partial charge in [-0.2, -0.15) is 0 Å². The average molecular weight is 437 g/mol. The maximum atomic E-state index is 6.09. The summed E-state index contributed by atoms with van der Waals surface area (Å²) in [7, 11) is 0. The van der Waals surface area contributed by atoms with E-state index in [0.717, 1.165) is 64.7 Å². The Labute approximate surface area is 192 Å². The fourth-order valence-corrected chi connectivity index (χ4v) is 4.28. The van der Waals surface area contributed by atoms with Crippen molar-refractivity contribution in [1.29, 1.82) is 0 Å². The van der Waals surface area contributed by atoms with E-state index in [2.05, 4.69) is 76.6 Å². The molecule has 2 aliphatic rings. The summed E-state index contributed by atoms with van der Waals surface area (Å²) in [5, 5.41) is 3.48. The number of rotatable bonds is 7. The molecule has 0 amide bonds. The third kappa shape index (κ3) is 6.47. The second-order valence-corrected chi connectivity index (χ2v) is 8.42. The topological polar surface area (TPSA) is 49.3 Å². The number of anilines is 1. The molecule has 0 unspecified atom stereocenters. The van der Waals surface area contributed by atoms with Crippen molar-refractivity contribution in [2.45, 2.75) is 39.0 Å². The maximum Gasteiger partial charge on any atom is 0.194 e. The van der Waals surface area contributed by atoms with E-state index in [-0.39, 0.29) is 0 Å². The van der Waals surface area contributed by atoms with Gasteiger partial charge >= 0.3 is 0 Å². The van der Waals surface area contributed by atoms with Gasteiger partial charge in [0.15, 0.2) is 5.96 Å². The third-order valence-corrected chi connectivity index (χ3v) is 6.09. The van der Waals surface area contributed by atoms with Crippen LogP contribution < -0.4 is 10.2 Å². The summed E-state index contributed by atoms with van der Waals surface area (Å²) in [4.78, 5) is 9.77. The smallest absolute Gasteiger partial charge is 0.194 e. The normalized spacial score (nSPS) is 18.1. The lowest BCUT2D eigenvalue weighted by atomic mass is 10.1. The molecule has 2 aromatic carbocycles. The summed E-state index contributed by atoms with van der Waals surface area (Å²) >= 11 is 0. The van der Waals surface area contributed by atoms with Gasteiger partial charge in [-0.25, -0.2) is 4.99 Å². The number of nitrogens with zero attached hydrogens (tertiary/aromatic N) is 3. The molecule has 0 bridgehead atoms. The van der Waals surface area contributed by atoms with Crippen LogP contribution >= 0.6 is 0 Å². The Kier molecular flexibility index (Phi) is 8.40. The molecule has 2 saturated heterocycles. The van der Waals surface area contributed by atoms with Gasteiger partial charge in [0.1, 0.15) is 0 Å². The number of hydrogen-bond acceptors (Lipinski definition) is 4. The lowest BCUT2D eigenvalue weighted by Gasteiger charge is -2.37. The minimum Gasteiger partial charge on any atom is -0.381 e.